The highest BCUT2D eigenvalue weighted by Gasteiger charge is 2.02. The third kappa shape index (κ3) is 4.93. The second-order valence-electron chi connectivity index (χ2n) is 6.07. The number of pyridine rings is 1. The van der Waals surface area contributed by atoms with Gasteiger partial charge in [0.2, 0.25) is 5.91 Å². The van der Waals surface area contributed by atoms with E-state index >= 15 is 0 Å². The molecule has 0 saturated carbocycles. The molecule has 3 aromatic rings. The summed E-state index contributed by atoms with van der Waals surface area (Å²) in [5, 5.41) is 3.92. The average molecular weight is 346 g/mol. The number of para-hydroxylation sites is 1. The number of aromatic nitrogens is 1. The summed E-state index contributed by atoms with van der Waals surface area (Å²) in [4.78, 5) is 16.2. The van der Waals surface area contributed by atoms with Crippen LogP contribution in [0.15, 0.2) is 66.9 Å². The zero-order valence-electron chi connectivity index (χ0n) is 14.8. The van der Waals surface area contributed by atoms with Crippen molar-refractivity contribution < 1.29 is 9.53 Å². The van der Waals surface area contributed by atoms with Crippen LogP contribution in [0.4, 0.5) is 0 Å². The number of aryl methyl sites for hydroxylation is 1. The number of fused-ring (bicyclic) bond motifs is 1. The van der Waals surface area contributed by atoms with E-state index in [4.69, 9.17) is 4.74 Å². The van der Waals surface area contributed by atoms with E-state index in [0.29, 0.717) is 13.2 Å². The van der Waals surface area contributed by atoms with Gasteiger partial charge in [0.25, 0.3) is 0 Å². The van der Waals surface area contributed by atoms with Crippen LogP contribution >= 0.6 is 0 Å². The number of benzene rings is 2. The van der Waals surface area contributed by atoms with Crippen LogP contribution in [-0.2, 0) is 4.79 Å². The number of hydrogen-bond acceptors (Lipinski definition) is 3. The Labute approximate surface area is 153 Å². The molecule has 0 fully saturated rings. The molecule has 4 heteroatoms. The van der Waals surface area contributed by atoms with Crippen molar-refractivity contribution in [1.29, 1.82) is 0 Å². The average Bonchev–Trinajstić information content (AvgIpc) is 2.66. The van der Waals surface area contributed by atoms with Crippen molar-refractivity contribution in [1.82, 2.24) is 10.3 Å². The number of rotatable bonds is 7. The Morgan fingerprint density at radius 3 is 2.88 bits per heavy atom. The molecule has 1 heterocycles. The van der Waals surface area contributed by atoms with Crippen molar-refractivity contribution in [3.8, 4) is 5.75 Å². The van der Waals surface area contributed by atoms with Gasteiger partial charge in [-0.3, -0.25) is 9.78 Å². The van der Waals surface area contributed by atoms with Crippen molar-refractivity contribution in [2.75, 3.05) is 13.2 Å². The zero-order chi connectivity index (χ0) is 18.2. The third-order valence-electron chi connectivity index (χ3n) is 3.94. The monoisotopic (exact) mass is 346 g/mol. The lowest BCUT2D eigenvalue weighted by Gasteiger charge is -2.08. The molecule has 0 spiro atoms. The zero-order valence-corrected chi connectivity index (χ0v) is 14.8. The van der Waals surface area contributed by atoms with Gasteiger partial charge in [-0.1, -0.05) is 48.0 Å². The van der Waals surface area contributed by atoms with Crippen molar-refractivity contribution in [2.45, 2.75) is 13.3 Å². The molecule has 2 aromatic carbocycles. The largest absolute Gasteiger partial charge is 0.491 e. The van der Waals surface area contributed by atoms with Gasteiger partial charge in [-0.25, -0.2) is 0 Å². The molecule has 0 bridgehead atoms. The minimum Gasteiger partial charge on any atom is -0.491 e. The summed E-state index contributed by atoms with van der Waals surface area (Å²) >= 11 is 0. The quantitative estimate of drug-likeness (QED) is 0.517. The lowest BCUT2D eigenvalue weighted by molar-refractivity contribution is -0.116. The molecule has 1 N–H and O–H groups in total. The number of nitrogens with zero attached hydrogens (tertiary/aromatic N) is 1. The highest BCUT2D eigenvalue weighted by Crippen LogP contribution is 2.22. The number of carbonyl (C=O) groups is 1. The maximum absolute atomic E-state index is 11.9. The third-order valence-corrected chi connectivity index (χ3v) is 3.94. The fourth-order valence-corrected chi connectivity index (χ4v) is 2.66. The van der Waals surface area contributed by atoms with Crippen LogP contribution < -0.4 is 10.1 Å². The predicted octanol–water partition coefficient (Wildman–Crippen LogP) is 4.14. The molecule has 0 radical (unpaired) electrons. The van der Waals surface area contributed by atoms with Gasteiger partial charge in [-0.05, 0) is 37.1 Å². The van der Waals surface area contributed by atoms with Crippen molar-refractivity contribution in [3.05, 3.63) is 78.0 Å². The van der Waals surface area contributed by atoms with Gasteiger partial charge in [0.05, 0.1) is 6.61 Å². The van der Waals surface area contributed by atoms with E-state index in [2.05, 4.69) is 10.3 Å². The summed E-state index contributed by atoms with van der Waals surface area (Å²) < 4.78 is 5.81. The first kappa shape index (κ1) is 17.7. The number of ether oxygens (including phenoxy) is 1. The van der Waals surface area contributed by atoms with E-state index in [1.54, 1.807) is 12.3 Å². The van der Waals surface area contributed by atoms with Gasteiger partial charge in [0.1, 0.15) is 11.3 Å². The van der Waals surface area contributed by atoms with Gasteiger partial charge in [0.15, 0.2) is 0 Å². The lowest BCUT2D eigenvalue weighted by atomic mass is 10.1. The van der Waals surface area contributed by atoms with Gasteiger partial charge < -0.3 is 10.1 Å². The Kier molecular flexibility index (Phi) is 5.99. The molecule has 0 saturated heterocycles. The van der Waals surface area contributed by atoms with Crippen LogP contribution in [-0.4, -0.2) is 24.0 Å². The molecule has 0 aliphatic carbocycles. The Morgan fingerprint density at radius 2 is 2.00 bits per heavy atom. The number of nitrogens with one attached hydrogen (secondary N) is 1. The second kappa shape index (κ2) is 8.81. The maximum Gasteiger partial charge on any atom is 0.244 e. The van der Waals surface area contributed by atoms with E-state index < -0.39 is 0 Å². The Morgan fingerprint density at radius 1 is 1.15 bits per heavy atom. The maximum atomic E-state index is 11.9. The summed E-state index contributed by atoms with van der Waals surface area (Å²) in [6.45, 7) is 3.12. The highest BCUT2D eigenvalue weighted by molar-refractivity contribution is 5.91. The molecular weight excluding hydrogens is 324 g/mol. The number of carbonyl (C=O) groups excluding carboxylic acids is 1. The van der Waals surface area contributed by atoms with E-state index in [0.717, 1.165) is 28.6 Å². The Hall–Kier alpha value is -3.14. The molecule has 0 aliphatic heterocycles. The van der Waals surface area contributed by atoms with Crippen LogP contribution in [0.2, 0.25) is 0 Å². The summed E-state index contributed by atoms with van der Waals surface area (Å²) in [5.74, 6) is 0.673. The van der Waals surface area contributed by atoms with Gasteiger partial charge in [-0.15, -0.1) is 0 Å². The van der Waals surface area contributed by atoms with Crippen LogP contribution in [0.25, 0.3) is 17.0 Å². The summed E-state index contributed by atoms with van der Waals surface area (Å²) in [7, 11) is 0. The van der Waals surface area contributed by atoms with E-state index in [-0.39, 0.29) is 5.91 Å². The fraction of sp³-hybridized carbons (Fsp3) is 0.182. The fourth-order valence-electron chi connectivity index (χ4n) is 2.66. The molecule has 3 rings (SSSR count). The minimum atomic E-state index is -0.0988. The number of hydrogen-bond donors (Lipinski definition) is 1. The van der Waals surface area contributed by atoms with Crippen molar-refractivity contribution in [2.24, 2.45) is 0 Å². The van der Waals surface area contributed by atoms with Crippen molar-refractivity contribution in [3.63, 3.8) is 0 Å². The second-order valence-corrected chi connectivity index (χ2v) is 6.07. The molecule has 26 heavy (non-hydrogen) atoms. The first-order valence-electron chi connectivity index (χ1n) is 8.71. The Bertz CT molecular complexity index is 913. The van der Waals surface area contributed by atoms with Crippen molar-refractivity contribution >= 4 is 22.9 Å². The first-order valence-corrected chi connectivity index (χ1v) is 8.71. The van der Waals surface area contributed by atoms with Gasteiger partial charge >= 0.3 is 0 Å². The van der Waals surface area contributed by atoms with Gasteiger partial charge in [0, 0.05) is 24.2 Å². The molecule has 1 amide bonds. The number of amides is 1. The van der Waals surface area contributed by atoms with Crippen LogP contribution in [0, 0.1) is 6.92 Å². The SMILES string of the molecule is Cc1cccc(/C=C/C(=O)NCCCOc2cccc3cccnc23)c1. The topological polar surface area (TPSA) is 51.2 Å². The summed E-state index contributed by atoms with van der Waals surface area (Å²) in [6.07, 6.45) is 5.87. The standard InChI is InChI=1S/C22H22N2O2/c1-17-6-2-7-18(16-17)11-12-21(25)23-14-5-15-26-20-10-3-8-19-9-4-13-24-22(19)20/h2-4,6-13,16H,5,14-15H2,1H3,(H,23,25)/b12-11+. The Balaban J connectivity index is 1.42. The molecule has 0 aliphatic rings. The lowest BCUT2D eigenvalue weighted by Crippen LogP contribution is -2.23. The van der Waals surface area contributed by atoms with Crippen LogP contribution in [0.5, 0.6) is 5.75 Å². The molecular formula is C22H22N2O2. The molecule has 0 atom stereocenters. The molecule has 132 valence electrons. The first-order chi connectivity index (χ1) is 12.7. The highest BCUT2D eigenvalue weighted by atomic mass is 16.5. The van der Waals surface area contributed by atoms with E-state index in [1.165, 1.54) is 5.56 Å². The van der Waals surface area contributed by atoms with E-state index in [1.807, 2.05) is 67.6 Å². The smallest absolute Gasteiger partial charge is 0.244 e. The van der Waals surface area contributed by atoms with E-state index in [9.17, 15) is 4.79 Å². The summed E-state index contributed by atoms with van der Waals surface area (Å²) in [6, 6.07) is 17.8. The summed E-state index contributed by atoms with van der Waals surface area (Å²) in [5.41, 5.74) is 3.06. The van der Waals surface area contributed by atoms with Gasteiger partial charge in [-0.2, -0.15) is 0 Å². The predicted molar refractivity (Wildman–Crippen MR) is 105 cm³/mol. The molecule has 1 aromatic heterocycles. The normalized spacial score (nSPS) is 11.0. The molecule has 0 unspecified atom stereocenters. The van der Waals surface area contributed by atoms with Crippen LogP contribution in [0.1, 0.15) is 17.5 Å². The van der Waals surface area contributed by atoms with Crippen LogP contribution in [0.3, 0.4) is 0 Å². The minimum absolute atomic E-state index is 0.0988. The molecule has 4 nitrogen and oxygen atoms in total.